The molecule has 0 bridgehead atoms. The first-order chi connectivity index (χ1) is 10.8. The maximum Gasteiger partial charge on any atom is 0.0933 e. The first kappa shape index (κ1) is 12.9. The third kappa shape index (κ3) is 1.72. The van der Waals surface area contributed by atoms with E-state index in [4.69, 9.17) is 5.53 Å². The zero-order chi connectivity index (χ0) is 15.1. The van der Waals surface area contributed by atoms with E-state index in [0.717, 1.165) is 33.0 Å². The summed E-state index contributed by atoms with van der Waals surface area (Å²) in [7, 11) is 0. The van der Waals surface area contributed by atoms with E-state index in [2.05, 4.69) is 22.2 Å². The Bertz CT molecular complexity index is 929. The van der Waals surface area contributed by atoms with Gasteiger partial charge in [0.2, 0.25) is 0 Å². The molecule has 0 aliphatic heterocycles. The number of hydrogen-bond donors (Lipinski definition) is 1. The number of azide groups is 1. The van der Waals surface area contributed by atoms with Crippen molar-refractivity contribution in [1.29, 1.82) is 0 Å². The zero-order valence-corrected chi connectivity index (χ0v) is 11.7. The van der Waals surface area contributed by atoms with Crippen LogP contribution in [0.1, 0.15) is 23.3 Å². The Hall–Kier alpha value is -2.81. The minimum absolute atomic E-state index is 0.598. The number of aliphatic hydroxyl groups excluding tert-OH is 1. The van der Waals surface area contributed by atoms with Gasteiger partial charge >= 0.3 is 0 Å². The lowest BCUT2D eigenvalue weighted by Crippen LogP contribution is -2.16. The largest absolute Gasteiger partial charge is 0.388 e. The van der Waals surface area contributed by atoms with Crippen molar-refractivity contribution in [3.8, 4) is 11.1 Å². The van der Waals surface area contributed by atoms with Gasteiger partial charge in [0.15, 0.2) is 0 Å². The van der Waals surface area contributed by atoms with E-state index < -0.39 is 12.1 Å². The van der Waals surface area contributed by atoms with Gasteiger partial charge in [-0.05, 0) is 38.6 Å². The van der Waals surface area contributed by atoms with E-state index in [1.165, 1.54) is 0 Å². The Morgan fingerprint density at radius 2 is 1.68 bits per heavy atom. The fourth-order valence-electron chi connectivity index (χ4n) is 3.34. The van der Waals surface area contributed by atoms with Crippen molar-refractivity contribution in [3.63, 3.8) is 0 Å². The minimum Gasteiger partial charge on any atom is -0.388 e. The van der Waals surface area contributed by atoms with Gasteiger partial charge in [0.05, 0.1) is 12.1 Å². The summed E-state index contributed by atoms with van der Waals surface area (Å²) in [5, 5.41) is 16.7. The summed E-state index contributed by atoms with van der Waals surface area (Å²) in [4.78, 5) is 2.93. The Labute approximate surface area is 127 Å². The molecule has 4 heteroatoms. The molecule has 1 aliphatic carbocycles. The number of rotatable bonds is 1. The highest BCUT2D eigenvalue weighted by Crippen LogP contribution is 2.48. The van der Waals surface area contributed by atoms with E-state index in [1.807, 2.05) is 48.5 Å². The summed E-state index contributed by atoms with van der Waals surface area (Å²) in [6.07, 6.45) is -0.819. The highest BCUT2D eigenvalue weighted by atomic mass is 16.3. The van der Waals surface area contributed by atoms with Crippen LogP contribution < -0.4 is 0 Å². The molecule has 4 nitrogen and oxygen atoms in total. The Balaban J connectivity index is 2.15. The van der Waals surface area contributed by atoms with Crippen LogP contribution in [0.2, 0.25) is 0 Å². The van der Waals surface area contributed by atoms with Gasteiger partial charge < -0.3 is 5.11 Å². The molecule has 0 aromatic heterocycles. The molecular weight excluding hydrogens is 274 g/mol. The molecule has 3 aromatic rings. The average molecular weight is 287 g/mol. The second kappa shape index (κ2) is 4.88. The number of hydrogen-bond acceptors (Lipinski definition) is 2. The second-order valence-electron chi connectivity index (χ2n) is 5.43. The van der Waals surface area contributed by atoms with E-state index in [9.17, 15) is 5.11 Å². The molecule has 106 valence electrons. The maximum atomic E-state index is 10.6. The normalized spacial score (nSPS) is 19.1. The lowest BCUT2D eigenvalue weighted by Gasteiger charge is -2.30. The lowest BCUT2D eigenvalue weighted by molar-refractivity contribution is 0.145. The van der Waals surface area contributed by atoms with Crippen LogP contribution in [0.15, 0.2) is 65.8 Å². The zero-order valence-electron chi connectivity index (χ0n) is 11.7. The van der Waals surface area contributed by atoms with E-state index in [-0.39, 0.29) is 0 Å². The quantitative estimate of drug-likeness (QED) is 0.386. The molecule has 0 saturated heterocycles. The third-order valence-corrected chi connectivity index (χ3v) is 4.30. The first-order valence-electron chi connectivity index (χ1n) is 7.14. The van der Waals surface area contributed by atoms with E-state index in [0.29, 0.717) is 0 Å². The maximum absolute atomic E-state index is 10.6. The predicted octanol–water partition coefficient (Wildman–Crippen LogP) is 4.91. The highest BCUT2D eigenvalue weighted by molar-refractivity contribution is 6.00. The van der Waals surface area contributed by atoms with Crippen LogP contribution in [0.25, 0.3) is 32.3 Å². The third-order valence-electron chi connectivity index (χ3n) is 4.30. The molecular formula is C18H13N3O. The lowest BCUT2D eigenvalue weighted by atomic mass is 9.79. The Kier molecular flexibility index (Phi) is 2.86. The minimum atomic E-state index is -0.819. The van der Waals surface area contributed by atoms with Crippen molar-refractivity contribution in [3.05, 3.63) is 82.2 Å². The van der Waals surface area contributed by atoms with Gasteiger partial charge in [0.1, 0.15) is 0 Å². The summed E-state index contributed by atoms with van der Waals surface area (Å²) < 4.78 is 0. The summed E-state index contributed by atoms with van der Waals surface area (Å²) >= 11 is 0. The molecule has 1 aliphatic rings. The van der Waals surface area contributed by atoms with Crippen molar-refractivity contribution in [2.45, 2.75) is 12.1 Å². The number of nitrogens with zero attached hydrogens (tertiary/aromatic N) is 3. The predicted molar refractivity (Wildman–Crippen MR) is 86.2 cm³/mol. The van der Waals surface area contributed by atoms with Crippen LogP contribution in [0, 0.1) is 0 Å². The topological polar surface area (TPSA) is 69.0 Å². The van der Waals surface area contributed by atoms with Crippen LogP contribution in [-0.4, -0.2) is 5.11 Å². The van der Waals surface area contributed by atoms with Crippen molar-refractivity contribution < 1.29 is 5.11 Å². The van der Waals surface area contributed by atoms with Gasteiger partial charge in [-0.25, -0.2) is 0 Å². The standard InChI is InChI=1S/C18H13N3O/c19-21-20-17-15-10-9-11-5-1-2-6-12(11)16(15)13-7-3-4-8-14(13)18(17)22/h1-10,17-18,22H/t17-,18-/m1/s1. The number of fused-ring (bicyclic) bond motifs is 5. The summed E-state index contributed by atoms with van der Waals surface area (Å²) in [5.41, 5.74) is 12.6. The van der Waals surface area contributed by atoms with Crippen LogP contribution >= 0.6 is 0 Å². The van der Waals surface area contributed by atoms with Gasteiger partial charge in [-0.3, -0.25) is 0 Å². The molecule has 0 amide bonds. The van der Waals surface area contributed by atoms with Gasteiger partial charge in [-0.15, -0.1) is 0 Å². The molecule has 22 heavy (non-hydrogen) atoms. The van der Waals surface area contributed by atoms with Gasteiger partial charge in [0.25, 0.3) is 0 Å². The van der Waals surface area contributed by atoms with E-state index >= 15 is 0 Å². The molecule has 0 radical (unpaired) electrons. The van der Waals surface area contributed by atoms with Crippen molar-refractivity contribution in [1.82, 2.24) is 0 Å². The molecule has 0 heterocycles. The molecule has 0 spiro atoms. The summed E-state index contributed by atoms with van der Waals surface area (Å²) in [6, 6.07) is 19.3. The SMILES string of the molecule is [N-]=[N+]=N[C@@H]1c2ccc3ccccc3c2-c2ccccc2[C@H]1O. The Morgan fingerprint density at radius 1 is 0.909 bits per heavy atom. The molecule has 4 rings (SSSR count). The van der Waals surface area contributed by atoms with Crippen LogP contribution in [0.4, 0.5) is 0 Å². The van der Waals surface area contributed by atoms with Gasteiger partial charge in [-0.1, -0.05) is 65.8 Å². The fourth-order valence-corrected chi connectivity index (χ4v) is 3.34. The molecule has 2 atom stereocenters. The number of aliphatic hydroxyl groups is 1. The average Bonchev–Trinajstić information content (AvgIpc) is 2.58. The summed E-state index contributed by atoms with van der Waals surface area (Å²) in [6.45, 7) is 0. The van der Waals surface area contributed by atoms with Gasteiger partial charge in [0, 0.05) is 4.91 Å². The monoisotopic (exact) mass is 287 g/mol. The smallest absolute Gasteiger partial charge is 0.0933 e. The Morgan fingerprint density at radius 3 is 2.55 bits per heavy atom. The molecule has 0 saturated carbocycles. The summed E-state index contributed by atoms with van der Waals surface area (Å²) in [5.74, 6) is 0. The van der Waals surface area contributed by atoms with E-state index in [1.54, 1.807) is 0 Å². The van der Waals surface area contributed by atoms with Crippen molar-refractivity contribution in [2.75, 3.05) is 0 Å². The van der Waals surface area contributed by atoms with Crippen LogP contribution in [-0.2, 0) is 0 Å². The van der Waals surface area contributed by atoms with Crippen LogP contribution in [0.3, 0.4) is 0 Å². The fraction of sp³-hybridized carbons (Fsp3) is 0.111. The molecule has 3 aromatic carbocycles. The van der Waals surface area contributed by atoms with Crippen molar-refractivity contribution in [2.24, 2.45) is 5.11 Å². The van der Waals surface area contributed by atoms with Crippen LogP contribution in [0.5, 0.6) is 0 Å². The molecule has 0 fully saturated rings. The first-order valence-corrected chi connectivity index (χ1v) is 7.14. The van der Waals surface area contributed by atoms with Crippen molar-refractivity contribution >= 4 is 10.8 Å². The molecule has 0 unspecified atom stereocenters. The molecule has 1 N–H and O–H groups in total. The number of benzene rings is 3. The van der Waals surface area contributed by atoms with Gasteiger partial charge in [-0.2, -0.15) is 0 Å². The second-order valence-corrected chi connectivity index (χ2v) is 5.43. The highest BCUT2D eigenvalue weighted by Gasteiger charge is 2.32.